The standard InChI is InChI=1S/C21H23N5O3S/c1-4-17-22-19(18-13(2)14(3)30-20(18)23-17)24-9-11-25(12-10-24)21(27)15-5-7-16(8-6-15)26(28)29/h5-8H,4,9-12H2,1-3H3. The average molecular weight is 426 g/mol. The normalized spacial score (nSPS) is 14.4. The third-order valence-electron chi connectivity index (χ3n) is 5.56. The number of anilines is 1. The van der Waals surface area contributed by atoms with Gasteiger partial charge in [0.05, 0.1) is 10.3 Å². The van der Waals surface area contributed by atoms with Crippen LogP contribution in [0.25, 0.3) is 10.2 Å². The Morgan fingerprint density at radius 2 is 1.80 bits per heavy atom. The van der Waals surface area contributed by atoms with Crippen LogP contribution in [0.2, 0.25) is 0 Å². The highest BCUT2D eigenvalue weighted by atomic mass is 32.1. The number of aromatic nitrogens is 2. The predicted molar refractivity (Wildman–Crippen MR) is 117 cm³/mol. The number of carbonyl (C=O) groups excluding carboxylic acids is 1. The molecule has 2 aromatic heterocycles. The van der Waals surface area contributed by atoms with E-state index < -0.39 is 4.92 Å². The number of aryl methyl sites for hydroxylation is 3. The van der Waals surface area contributed by atoms with Crippen LogP contribution < -0.4 is 4.90 Å². The second kappa shape index (κ2) is 7.98. The molecule has 0 radical (unpaired) electrons. The minimum absolute atomic E-state index is 0.0164. The number of hydrogen-bond acceptors (Lipinski definition) is 7. The van der Waals surface area contributed by atoms with Crippen molar-refractivity contribution in [3.05, 3.63) is 56.2 Å². The summed E-state index contributed by atoms with van der Waals surface area (Å²) in [5.41, 5.74) is 1.67. The van der Waals surface area contributed by atoms with Crippen LogP contribution in [-0.4, -0.2) is 51.9 Å². The van der Waals surface area contributed by atoms with Crippen molar-refractivity contribution in [2.45, 2.75) is 27.2 Å². The number of fused-ring (bicyclic) bond motifs is 1. The molecule has 0 unspecified atom stereocenters. The molecule has 1 aliphatic rings. The monoisotopic (exact) mass is 425 g/mol. The van der Waals surface area contributed by atoms with Gasteiger partial charge in [-0.3, -0.25) is 14.9 Å². The molecule has 4 rings (SSSR count). The first-order valence-corrected chi connectivity index (χ1v) is 10.8. The van der Waals surface area contributed by atoms with Crippen molar-refractivity contribution in [1.82, 2.24) is 14.9 Å². The van der Waals surface area contributed by atoms with Gasteiger partial charge >= 0.3 is 0 Å². The smallest absolute Gasteiger partial charge is 0.269 e. The lowest BCUT2D eigenvalue weighted by atomic mass is 10.1. The molecule has 3 aromatic rings. The summed E-state index contributed by atoms with van der Waals surface area (Å²) in [6, 6.07) is 5.78. The highest BCUT2D eigenvalue weighted by molar-refractivity contribution is 7.18. The highest BCUT2D eigenvalue weighted by Crippen LogP contribution is 2.35. The van der Waals surface area contributed by atoms with Crippen LogP contribution in [0.5, 0.6) is 0 Å². The summed E-state index contributed by atoms with van der Waals surface area (Å²) >= 11 is 1.70. The number of rotatable bonds is 4. The molecule has 8 nitrogen and oxygen atoms in total. The van der Waals surface area contributed by atoms with E-state index in [2.05, 4.69) is 25.7 Å². The molecule has 0 aliphatic carbocycles. The fourth-order valence-electron chi connectivity index (χ4n) is 3.69. The number of carbonyl (C=O) groups is 1. The molecule has 0 bridgehead atoms. The number of amides is 1. The third kappa shape index (κ3) is 3.60. The van der Waals surface area contributed by atoms with Crippen molar-refractivity contribution in [3.8, 4) is 0 Å². The summed E-state index contributed by atoms with van der Waals surface area (Å²) in [4.78, 5) is 39.0. The Hall–Kier alpha value is -3.07. The first-order chi connectivity index (χ1) is 14.4. The largest absolute Gasteiger partial charge is 0.352 e. The van der Waals surface area contributed by atoms with Gasteiger partial charge in [-0.05, 0) is 31.5 Å². The van der Waals surface area contributed by atoms with Crippen molar-refractivity contribution in [1.29, 1.82) is 0 Å². The molecule has 0 N–H and O–H groups in total. The lowest BCUT2D eigenvalue weighted by Gasteiger charge is -2.36. The maximum atomic E-state index is 12.8. The van der Waals surface area contributed by atoms with Crippen molar-refractivity contribution in [3.63, 3.8) is 0 Å². The Bertz CT molecular complexity index is 1120. The first-order valence-electron chi connectivity index (χ1n) is 9.94. The average Bonchev–Trinajstić information content (AvgIpc) is 3.06. The lowest BCUT2D eigenvalue weighted by Crippen LogP contribution is -2.49. The lowest BCUT2D eigenvalue weighted by molar-refractivity contribution is -0.384. The molecule has 30 heavy (non-hydrogen) atoms. The van der Waals surface area contributed by atoms with Crippen LogP contribution in [0.1, 0.15) is 33.5 Å². The van der Waals surface area contributed by atoms with E-state index >= 15 is 0 Å². The fraction of sp³-hybridized carbons (Fsp3) is 0.381. The van der Waals surface area contributed by atoms with E-state index in [0.29, 0.717) is 31.7 Å². The highest BCUT2D eigenvalue weighted by Gasteiger charge is 2.26. The number of thiophene rings is 1. The maximum absolute atomic E-state index is 12.8. The van der Waals surface area contributed by atoms with E-state index in [0.717, 1.165) is 28.3 Å². The zero-order valence-electron chi connectivity index (χ0n) is 17.2. The van der Waals surface area contributed by atoms with Gasteiger partial charge in [-0.1, -0.05) is 6.92 Å². The molecule has 1 amide bonds. The van der Waals surface area contributed by atoms with Crippen LogP contribution in [0.4, 0.5) is 11.5 Å². The van der Waals surface area contributed by atoms with E-state index in [1.807, 2.05) is 0 Å². The summed E-state index contributed by atoms with van der Waals surface area (Å²) in [5, 5.41) is 11.9. The topological polar surface area (TPSA) is 92.5 Å². The van der Waals surface area contributed by atoms with E-state index in [-0.39, 0.29) is 11.6 Å². The number of benzene rings is 1. The summed E-state index contributed by atoms with van der Waals surface area (Å²) in [5.74, 6) is 1.69. The van der Waals surface area contributed by atoms with Gasteiger partial charge in [0.15, 0.2) is 0 Å². The number of nitrogens with zero attached hydrogens (tertiary/aromatic N) is 5. The van der Waals surface area contributed by atoms with E-state index in [1.54, 1.807) is 16.2 Å². The molecule has 0 saturated carbocycles. The Labute approximate surface area is 178 Å². The number of hydrogen-bond donors (Lipinski definition) is 0. The molecule has 1 saturated heterocycles. The third-order valence-corrected chi connectivity index (χ3v) is 6.66. The van der Waals surface area contributed by atoms with E-state index in [1.165, 1.54) is 34.7 Å². The van der Waals surface area contributed by atoms with Gasteiger partial charge in [0.25, 0.3) is 11.6 Å². The van der Waals surface area contributed by atoms with Crippen molar-refractivity contribution in [2.75, 3.05) is 31.1 Å². The summed E-state index contributed by atoms with van der Waals surface area (Å²) in [7, 11) is 0. The molecule has 3 heterocycles. The van der Waals surface area contributed by atoms with Gasteiger partial charge in [-0.25, -0.2) is 9.97 Å². The number of nitro benzene ring substituents is 1. The number of nitro groups is 1. The maximum Gasteiger partial charge on any atom is 0.269 e. The minimum Gasteiger partial charge on any atom is -0.352 e. The molecular formula is C21H23N5O3S. The first kappa shape index (κ1) is 20.2. The number of non-ortho nitro benzene ring substituents is 1. The van der Waals surface area contributed by atoms with Crippen molar-refractivity contribution in [2.24, 2.45) is 0 Å². The van der Waals surface area contributed by atoms with E-state index in [9.17, 15) is 14.9 Å². The molecule has 156 valence electrons. The van der Waals surface area contributed by atoms with Crippen LogP contribution in [0.15, 0.2) is 24.3 Å². The quantitative estimate of drug-likeness (QED) is 0.467. The van der Waals surface area contributed by atoms with Crippen LogP contribution in [-0.2, 0) is 6.42 Å². The predicted octanol–water partition coefficient (Wildman–Crippen LogP) is 3.74. The minimum atomic E-state index is -0.464. The molecular weight excluding hydrogens is 402 g/mol. The van der Waals surface area contributed by atoms with Crippen LogP contribution >= 0.6 is 11.3 Å². The molecule has 9 heteroatoms. The second-order valence-electron chi connectivity index (χ2n) is 7.36. The van der Waals surface area contributed by atoms with Gasteiger partial charge in [0, 0.05) is 55.2 Å². The summed E-state index contributed by atoms with van der Waals surface area (Å²) in [6.45, 7) is 8.79. The summed E-state index contributed by atoms with van der Waals surface area (Å²) in [6.07, 6.45) is 0.775. The molecule has 1 aromatic carbocycles. The van der Waals surface area contributed by atoms with Gasteiger partial charge < -0.3 is 9.80 Å². The van der Waals surface area contributed by atoms with Gasteiger partial charge in [0.1, 0.15) is 16.5 Å². The van der Waals surface area contributed by atoms with Gasteiger partial charge in [-0.2, -0.15) is 0 Å². The Morgan fingerprint density at radius 3 is 2.40 bits per heavy atom. The van der Waals surface area contributed by atoms with Crippen LogP contribution in [0.3, 0.4) is 0 Å². The molecule has 0 spiro atoms. The van der Waals surface area contributed by atoms with Gasteiger partial charge in [-0.15, -0.1) is 11.3 Å². The van der Waals surface area contributed by atoms with E-state index in [4.69, 9.17) is 9.97 Å². The second-order valence-corrected chi connectivity index (χ2v) is 8.57. The van der Waals surface area contributed by atoms with Crippen molar-refractivity contribution >= 4 is 39.0 Å². The molecule has 0 atom stereocenters. The Kier molecular flexibility index (Phi) is 5.38. The Balaban J connectivity index is 1.53. The van der Waals surface area contributed by atoms with Crippen molar-refractivity contribution < 1.29 is 9.72 Å². The number of piperazine rings is 1. The van der Waals surface area contributed by atoms with Crippen LogP contribution in [0, 0.1) is 24.0 Å². The zero-order valence-corrected chi connectivity index (χ0v) is 18.0. The van der Waals surface area contributed by atoms with Gasteiger partial charge in [0.2, 0.25) is 0 Å². The Morgan fingerprint density at radius 1 is 1.13 bits per heavy atom. The molecule has 1 aliphatic heterocycles. The summed E-state index contributed by atoms with van der Waals surface area (Å²) < 4.78 is 0. The molecule has 1 fully saturated rings. The SMILES string of the molecule is CCc1nc(N2CCN(C(=O)c3ccc([N+](=O)[O-])cc3)CC2)c2c(C)c(C)sc2n1. The fourth-order valence-corrected chi connectivity index (χ4v) is 4.73. The zero-order chi connectivity index (χ0) is 21.4.